The minimum atomic E-state index is -0.0750. The third-order valence-electron chi connectivity index (χ3n) is 2.63. The number of carbonyl (C=O) groups is 1. The molecule has 4 nitrogen and oxygen atoms in total. The van der Waals surface area contributed by atoms with Gasteiger partial charge in [-0.05, 0) is 24.6 Å². The zero-order valence-corrected chi connectivity index (χ0v) is 12.5. The van der Waals surface area contributed by atoms with Gasteiger partial charge < -0.3 is 15.4 Å². The van der Waals surface area contributed by atoms with Crippen molar-refractivity contribution in [3.63, 3.8) is 0 Å². The lowest BCUT2D eigenvalue weighted by Crippen LogP contribution is -2.36. The fourth-order valence-electron chi connectivity index (χ4n) is 1.56. The van der Waals surface area contributed by atoms with E-state index in [-0.39, 0.29) is 18.5 Å². The maximum atomic E-state index is 11.5. The highest BCUT2D eigenvalue weighted by molar-refractivity contribution is 6.35. The topological polar surface area (TPSA) is 50.4 Å². The van der Waals surface area contributed by atoms with Crippen molar-refractivity contribution >= 4 is 29.1 Å². The minimum absolute atomic E-state index is 0.0297. The molecule has 6 heteroatoms. The molecule has 2 N–H and O–H groups in total. The van der Waals surface area contributed by atoms with Gasteiger partial charge in [-0.25, -0.2) is 0 Å². The van der Waals surface area contributed by atoms with Gasteiger partial charge >= 0.3 is 0 Å². The lowest BCUT2D eigenvalue weighted by atomic mass is 10.1. The van der Waals surface area contributed by atoms with E-state index in [0.717, 1.165) is 5.56 Å². The van der Waals surface area contributed by atoms with Crippen LogP contribution in [0.3, 0.4) is 0 Å². The maximum Gasteiger partial charge on any atom is 0.234 e. The number of benzene rings is 1. The van der Waals surface area contributed by atoms with Crippen LogP contribution in [-0.2, 0) is 9.53 Å². The summed E-state index contributed by atoms with van der Waals surface area (Å²) in [5.41, 5.74) is 0.913. The van der Waals surface area contributed by atoms with Gasteiger partial charge in [-0.2, -0.15) is 0 Å². The van der Waals surface area contributed by atoms with Crippen LogP contribution >= 0.6 is 23.2 Å². The van der Waals surface area contributed by atoms with Gasteiger partial charge in [0.2, 0.25) is 5.91 Å². The fourth-order valence-corrected chi connectivity index (χ4v) is 2.14. The first kappa shape index (κ1) is 16.2. The molecule has 0 aliphatic heterocycles. The van der Waals surface area contributed by atoms with E-state index in [4.69, 9.17) is 27.9 Å². The zero-order valence-electron chi connectivity index (χ0n) is 11.0. The smallest absolute Gasteiger partial charge is 0.234 e. The van der Waals surface area contributed by atoms with Crippen LogP contribution in [0.15, 0.2) is 18.2 Å². The molecule has 0 fully saturated rings. The Labute approximate surface area is 123 Å². The van der Waals surface area contributed by atoms with Crippen LogP contribution in [0.5, 0.6) is 0 Å². The monoisotopic (exact) mass is 304 g/mol. The van der Waals surface area contributed by atoms with Crippen molar-refractivity contribution in [2.24, 2.45) is 0 Å². The number of ether oxygens (including phenoxy) is 1. The largest absolute Gasteiger partial charge is 0.383 e. The quantitative estimate of drug-likeness (QED) is 0.761. The molecular weight excluding hydrogens is 287 g/mol. The van der Waals surface area contributed by atoms with Crippen molar-refractivity contribution in [2.45, 2.75) is 13.0 Å². The molecule has 0 saturated carbocycles. The summed E-state index contributed by atoms with van der Waals surface area (Å²) in [6.07, 6.45) is 0. The van der Waals surface area contributed by atoms with Gasteiger partial charge in [0, 0.05) is 29.7 Å². The zero-order chi connectivity index (χ0) is 14.3. The van der Waals surface area contributed by atoms with Gasteiger partial charge in [0.1, 0.15) is 0 Å². The number of nitrogens with one attached hydrogen (secondary N) is 2. The first-order valence-electron chi connectivity index (χ1n) is 5.98. The predicted octanol–water partition coefficient (Wildman–Crippen LogP) is 2.41. The van der Waals surface area contributed by atoms with Gasteiger partial charge in [-0.1, -0.05) is 29.3 Å². The van der Waals surface area contributed by atoms with Crippen molar-refractivity contribution in [2.75, 3.05) is 26.8 Å². The lowest BCUT2D eigenvalue weighted by Gasteiger charge is -2.15. The molecule has 0 bridgehead atoms. The molecule has 1 unspecified atom stereocenters. The minimum Gasteiger partial charge on any atom is -0.383 e. The van der Waals surface area contributed by atoms with Crippen molar-refractivity contribution in [1.82, 2.24) is 10.6 Å². The number of halogens is 2. The summed E-state index contributed by atoms with van der Waals surface area (Å²) in [5.74, 6) is -0.0750. The number of amides is 1. The van der Waals surface area contributed by atoms with Crippen LogP contribution in [0.25, 0.3) is 0 Å². The van der Waals surface area contributed by atoms with Crippen LogP contribution in [0.4, 0.5) is 0 Å². The fraction of sp³-hybridized carbons (Fsp3) is 0.462. The molecule has 1 aromatic carbocycles. The predicted molar refractivity (Wildman–Crippen MR) is 77.8 cm³/mol. The van der Waals surface area contributed by atoms with Gasteiger partial charge in [0.25, 0.3) is 0 Å². The molecule has 19 heavy (non-hydrogen) atoms. The highest BCUT2D eigenvalue weighted by Gasteiger charge is 2.11. The summed E-state index contributed by atoms with van der Waals surface area (Å²) in [6.45, 7) is 3.18. The summed E-state index contributed by atoms with van der Waals surface area (Å²) in [7, 11) is 1.59. The van der Waals surface area contributed by atoms with Gasteiger partial charge in [-0.15, -0.1) is 0 Å². The normalized spacial score (nSPS) is 12.2. The molecule has 0 radical (unpaired) electrons. The Bertz CT molecular complexity index is 427. The molecule has 0 spiro atoms. The van der Waals surface area contributed by atoms with E-state index in [0.29, 0.717) is 23.2 Å². The summed E-state index contributed by atoms with van der Waals surface area (Å²) in [4.78, 5) is 11.5. The summed E-state index contributed by atoms with van der Waals surface area (Å²) >= 11 is 11.9. The maximum absolute atomic E-state index is 11.5. The molecule has 0 saturated heterocycles. The highest BCUT2D eigenvalue weighted by atomic mass is 35.5. The van der Waals surface area contributed by atoms with E-state index in [2.05, 4.69) is 10.6 Å². The lowest BCUT2D eigenvalue weighted by molar-refractivity contribution is -0.120. The summed E-state index contributed by atoms with van der Waals surface area (Å²) in [5, 5.41) is 7.02. The van der Waals surface area contributed by atoms with Crippen molar-refractivity contribution in [1.29, 1.82) is 0 Å². The van der Waals surface area contributed by atoms with Crippen LogP contribution in [-0.4, -0.2) is 32.7 Å². The SMILES string of the molecule is COCCNC(=O)CNC(C)c1ccc(Cl)cc1Cl. The molecule has 1 amide bonds. The third-order valence-corrected chi connectivity index (χ3v) is 3.19. The molecule has 0 aromatic heterocycles. The Hall–Kier alpha value is -0.810. The van der Waals surface area contributed by atoms with E-state index in [9.17, 15) is 4.79 Å². The van der Waals surface area contributed by atoms with Crippen LogP contribution in [0, 0.1) is 0 Å². The molecule has 1 aromatic rings. The molecule has 0 aliphatic carbocycles. The first-order chi connectivity index (χ1) is 9.04. The average Bonchev–Trinajstić information content (AvgIpc) is 2.36. The Morgan fingerprint density at radius 2 is 2.16 bits per heavy atom. The van der Waals surface area contributed by atoms with Gasteiger partial charge in [-0.3, -0.25) is 4.79 Å². The number of hydrogen-bond acceptors (Lipinski definition) is 3. The Morgan fingerprint density at radius 3 is 2.79 bits per heavy atom. The van der Waals surface area contributed by atoms with Crippen LogP contribution in [0.2, 0.25) is 10.0 Å². The van der Waals surface area contributed by atoms with E-state index in [1.54, 1.807) is 19.2 Å². The Kier molecular flexibility index (Phi) is 7.16. The molecule has 0 heterocycles. The number of carbonyl (C=O) groups excluding carboxylic acids is 1. The summed E-state index contributed by atoms with van der Waals surface area (Å²) < 4.78 is 4.85. The van der Waals surface area contributed by atoms with E-state index >= 15 is 0 Å². The highest BCUT2D eigenvalue weighted by Crippen LogP contribution is 2.25. The summed E-state index contributed by atoms with van der Waals surface area (Å²) in [6, 6.07) is 5.29. The molecule has 1 rings (SSSR count). The van der Waals surface area contributed by atoms with Crippen molar-refractivity contribution in [3.8, 4) is 0 Å². The van der Waals surface area contributed by atoms with Crippen molar-refractivity contribution in [3.05, 3.63) is 33.8 Å². The standard InChI is InChI=1S/C13H18Cl2N2O2/c1-9(11-4-3-10(14)7-12(11)15)17-8-13(18)16-5-6-19-2/h3-4,7,9,17H,5-6,8H2,1-2H3,(H,16,18). The van der Waals surface area contributed by atoms with Crippen LogP contribution in [0.1, 0.15) is 18.5 Å². The Balaban J connectivity index is 2.42. The molecular formula is C13H18Cl2N2O2. The van der Waals surface area contributed by atoms with Gasteiger partial charge in [0.05, 0.1) is 13.2 Å². The van der Waals surface area contributed by atoms with E-state index in [1.807, 2.05) is 13.0 Å². The van der Waals surface area contributed by atoms with Crippen molar-refractivity contribution < 1.29 is 9.53 Å². The second-order valence-corrected chi connectivity index (χ2v) is 4.95. The van der Waals surface area contributed by atoms with E-state index < -0.39 is 0 Å². The molecule has 106 valence electrons. The van der Waals surface area contributed by atoms with Gasteiger partial charge in [0.15, 0.2) is 0 Å². The average molecular weight is 305 g/mol. The number of hydrogen-bond donors (Lipinski definition) is 2. The third kappa shape index (κ3) is 5.78. The second-order valence-electron chi connectivity index (χ2n) is 4.11. The number of methoxy groups -OCH3 is 1. The first-order valence-corrected chi connectivity index (χ1v) is 6.74. The Morgan fingerprint density at radius 1 is 1.42 bits per heavy atom. The molecule has 0 aliphatic rings. The van der Waals surface area contributed by atoms with Crippen LogP contribution < -0.4 is 10.6 Å². The molecule has 1 atom stereocenters. The van der Waals surface area contributed by atoms with E-state index in [1.165, 1.54) is 0 Å². The second kappa shape index (κ2) is 8.38. The number of rotatable bonds is 7.